The van der Waals surface area contributed by atoms with Gasteiger partial charge in [-0.25, -0.2) is 15.0 Å². The van der Waals surface area contributed by atoms with E-state index in [-0.39, 0.29) is 18.1 Å². The lowest BCUT2D eigenvalue weighted by atomic mass is 9.97. The molecule has 0 radical (unpaired) electrons. The predicted octanol–water partition coefficient (Wildman–Crippen LogP) is 5.61. The van der Waals surface area contributed by atoms with Crippen LogP contribution in [0.5, 0.6) is 0 Å². The van der Waals surface area contributed by atoms with Gasteiger partial charge in [0.15, 0.2) is 5.78 Å². The van der Waals surface area contributed by atoms with Crippen LogP contribution in [0.3, 0.4) is 0 Å². The SMILES string of the molecule is CC[C@@H]1CCCN1Cc1sc(CC(=O)c2cnc(N3CCC(C(=O)O)CC3)cn2)nc1-c1ccc(N2CCCC2)c(C)c1. The fraction of sp³-hybridized carbons (Fsp3) is 0.545. The molecule has 0 bridgehead atoms. The maximum absolute atomic E-state index is 13.3. The first kappa shape index (κ1) is 29.7. The molecule has 3 saturated heterocycles. The Morgan fingerprint density at radius 2 is 1.77 bits per heavy atom. The molecule has 1 N–H and O–H groups in total. The Kier molecular flexibility index (Phi) is 9.04. The minimum Gasteiger partial charge on any atom is -0.481 e. The fourth-order valence-electron chi connectivity index (χ4n) is 6.89. The van der Waals surface area contributed by atoms with Gasteiger partial charge in [0.25, 0.3) is 0 Å². The number of rotatable bonds is 10. The number of hydrogen-bond acceptors (Lipinski definition) is 9. The van der Waals surface area contributed by atoms with Gasteiger partial charge in [-0.2, -0.15) is 0 Å². The van der Waals surface area contributed by atoms with E-state index in [0.29, 0.717) is 43.5 Å². The summed E-state index contributed by atoms with van der Waals surface area (Å²) in [6, 6.07) is 7.32. The molecule has 0 amide bonds. The number of thiazole rings is 1. The molecule has 3 aliphatic rings. The van der Waals surface area contributed by atoms with E-state index in [2.05, 4.69) is 51.8 Å². The maximum atomic E-state index is 13.3. The first-order valence-electron chi connectivity index (χ1n) is 15.8. The van der Waals surface area contributed by atoms with E-state index < -0.39 is 5.97 Å². The van der Waals surface area contributed by atoms with Crippen LogP contribution in [0.2, 0.25) is 0 Å². The molecule has 2 aromatic heterocycles. The molecule has 43 heavy (non-hydrogen) atoms. The number of nitrogens with zero attached hydrogens (tertiary/aromatic N) is 6. The number of ketones is 1. The van der Waals surface area contributed by atoms with Gasteiger partial charge in [0, 0.05) is 54.9 Å². The Morgan fingerprint density at radius 3 is 2.44 bits per heavy atom. The third-order valence-corrected chi connectivity index (χ3v) is 10.4. The molecular weight excluding hydrogens is 560 g/mol. The number of anilines is 2. The van der Waals surface area contributed by atoms with Crippen molar-refractivity contribution in [1.82, 2.24) is 19.9 Å². The third kappa shape index (κ3) is 6.60. The van der Waals surface area contributed by atoms with Crippen LogP contribution in [0.15, 0.2) is 30.6 Å². The largest absolute Gasteiger partial charge is 0.481 e. The van der Waals surface area contributed by atoms with Crippen LogP contribution in [0.25, 0.3) is 11.3 Å². The quantitative estimate of drug-likeness (QED) is 0.297. The molecular formula is C33H42N6O3S. The van der Waals surface area contributed by atoms with Gasteiger partial charge in [0.2, 0.25) is 0 Å². The Labute approximate surface area is 258 Å². The zero-order chi connectivity index (χ0) is 29.9. The van der Waals surface area contributed by atoms with Crippen LogP contribution in [-0.4, -0.2) is 75.5 Å². The monoisotopic (exact) mass is 602 g/mol. The van der Waals surface area contributed by atoms with Crippen molar-refractivity contribution < 1.29 is 14.7 Å². The lowest BCUT2D eigenvalue weighted by Crippen LogP contribution is -2.36. The first-order valence-corrected chi connectivity index (χ1v) is 16.6. The van der Waals surface area contributed by atoms with Gasteiger partial charge in [0.1, 0.15) is 16.5 Å². The number of aromatic nitrogens is 3. The molecule has 6 rings (SSSR count). The van der Waals surface area contributed by atoms with E-state index in [0.717, 1.165) is 48.9 Å². The summed E-state index contributed by atoms with van der Waals surface area (Å²) in [6.45, 7) is 9.91. The van der Waals surface area contributed by atoms with Gasteiger partial charge in [-0.05, 0) is 76.1 Å². The summed E-state index contributed by atoms with van der Waals surface area (Å²) in [4.78, 5) is 47.0. The Hall–Kier alpha value is -3.37. The lowest BCUT2D eigenvalue weighted by molar-refractivity contribution is -0.142. The number of likely N-dealkylation sites (tertiary alicyclic amines) is 1. The highest BCUT2D eigenvalue weighted by Crippen LogP contribution is 2.35. The predicted molar refractivity (Wildman–Crippen MR) is 170 cm³/mol. The van der Waals surface area contributed by atoms with Gasteiger partial charge in [-0.3, -0.25) is 14.5 Å². The summed E-state index contributed by atoms with van der Waals surface area (Å²) in [6.07, 6.45) is 10.7. The van der Waals surface area contributed by atoms with Gasteiger partial charge >= 0.3 is 5.97 Å². The highest BCUT2D eigenvalue weighted by Gasteiger charge is 2.27. The summed E-state index contributed by atoms with van der Waals surface area (Å²) >= 11 is 1.65. The van der Waals surface area contributed by atoms with Crippen molar-refractivity contribution in [3.05, 3.63) is 51.7 Å². The van der Waals surface area contributed by atoms with Crippen molar-refractivity contribution in [2.24, 2.45) is 5.92 Å². The molecule has 0 aliphatic carbocycles. The Bertz CT molecular complexity index is 1440. The van der Waals surface area contributed by atoms with E-state index in [4.69, 9.17) is 4.98 Å². The van der Waals surface area contributed by atoms with E-state index in [1.807, 2.05) is 4.90 Å². The van der Waals surface area contributed by atoms with Crippen LogP contribution in [0.1, 0.15) is 77.8 Å². The standard InChI is InChI=1S/C33H42N6O3S/c1-3-25-7-6-14-39(25)21-29-32(24-8-9-27(22(2)17-24)37-12-4-5-13-37)36-31(43-29)18-28(40)26-19-35-30(20-34-26)38-15-10-23(11-16-38)33(41)42/h8-9,17,19-20,23,25H,3-7,10-16,18,21H2,1-2H3,(H,41,42)/t25-/m1/s1. The molecule has 9 nitrogen and oxygen atoms in total. The van der Waals surface area contributed by atoms with Crippen molar-refractivity contribution in [2.75, 3.05) is 42.5 Å². The van der Waals surface area contributed by atoms with E-state index >= 15 is 0 Å². The number of benzene rings is 1. The Morgan fingerprint density at radius 1 is 0.977 bits per heavy atom. The second kappa shape index (κ2) is 13.1. The summed E-state index contributed by atoms with van der Waals surface area (Å²) in [7, 11) is 0. The fourth-order valence-corrected chi connectivity index (χ4v) is 8.00. The average Bonchev–Trinajstić information content (AvgIpc) is 3.79. The van der Waals surface area contributed by atoms with Crippen LogP contribution < -0.4 is 9.80 Å². The minimum absolute atomic E-state index is 0.0938. The third-order valence-electron chi connectivity index (χ3n) is 9.38. The molecule has 3 aliphatic heterocycles. The number of aliphatic carboxylic acids is 1. The van der Waals surface area contributed by atoms with Crippen LogP contribution in [0.4, 0.5) is 11.5 Å². The molecule has 0 saturated carbocycles. The molecule has 1 atom stereocenters. The zero-order valence-electron chi connectivity index (χ0n) is 25.3. The maximum Gasteiger partial charge on any atom is 0.306 e. The molecule has 0 unspecified atom stereocenters. The topological polar surface area (TPSA) is 103 Å². The minimum atomic E-state index is -0.736. The van der Waals surface area contributed by atoms with Crippen molar-refractivity contribution in [3.8, 4) is 11.3 Å². The van der Waals surface area contributed by atoms with Crippen LogP contribution in [0, 0.1) is 12.8 Å². The molecule has 1 aromatic carbocycles. The summed E-state index contributed by atoms with van der Waals surface area (Å²) in [5.41, 5.74) is 5.03. The highest BCUT2D eigenvalue weighted by molar-refractivity contribution is 7.12. The molecule has 3 fully saturated rings. The van der Waals surface area contributed by atoms with E-state index in [1.165, 1.54) is 41.8 Å². The van der Waals surface area contributed by atoms with E-state index in [9.17, 15) is 14.7 Å². The molecule has 228 valence electrons. The van der Waals surface area contributed by atoms with Crippen LogP contribution >= 0.6 is 11.3 Å². The first-order chi connectivity index (χ1) is 20.9. The number of carboxylic acid groups (broad SMARTS) is 1. The number of carboxylic acids is 1. The molecule has 0 spiro atoms. The highest BCUT2D eigenvalue weighted by atomic mass is 32.1. The number of hydrogen-bond donors (Lipinski definition) is 1. The number of carbonyl (C=O) groups excluding carboxylic acids is 1. The van der Waals surface area contributed by atoms with Gasteiger partial charge in [-0.15, -0.1) is 11.3 Å². The molecule has 10 heteroatoms. The Balaban J connectivity index is 1.20. The summed E-state index contributed by atoms with van der Waals surface area (Å²) in [5.74, 6) is -0.449. The molecule has 5 heterocycles. The lowest BCUT2D eigenvalue weighted by Gasteiger charge is -2.30. The van der Waals surface area contributed by atoms with Gasteiger partial charge < -0.3 is 14.9 Å². The van der Waals surface area contributed by atoms with E-state index in [1.54, 1.807) is 23.7 Å². The smallest absolute Gasteiger partial charge is 0.306 e. The molecule has 3 aromatic rings. The number of Topliss-reactive ketones (excluding diaryl/α,β-unsaturated/α-hetero) is 1. The van der Waals surface area contributed by atoms with Gasteiger partial charge in [-0.1, -0.05) is 13.0 Å². The number of carbonyl (C=O) groups is 2. The van der Waals surface area contributed by atoms with Crippen molar-refractivity contribution in [1.29, 1.82) is 0 Å². The number of piperidine rings is 1. The normalized spacial score (nSPS) is 19.8. The second-order valence-electron chi connectivity index (χ2n) is 12.2. The van der Waals surface area contributed by atoms with Crippen molar-refractivity contribution >= 4 is 34.6 Å². The zero-order valence-corrected chi connectivity index (χ0v) is 26.1. The average molecular weight is 603 g/mol. The van der Waals surface area contributed by atoms with Gasteiger partial charge in [0.05, 0.1) is 30.4 Å². The van der Waals surface area contributed by atoms with Crippen LogP contribution in [-0.2, 0) is 17.8 Å². The van der Waals surface area contributed by atoms with Crippen molar-refractivity contribution in [3.63, 3.8) is 0 Å². The second-order valence-corrected chi connectivity index (χ2v) is 13.4. The number of aryl methyl sites for hydroxylation is 1. The summed E-state index contributed by atoms with van der Waals surface area (Å²) in [5, 5.41) is 10.1. The summed E-state index contributed by atoms with van der Waals surface area (Å²) < 4.78 is 0. The van der Waals surface area contributed by atoms with Crippen molar-refractivity contribution in [2.45, 2.75) is 77.8 Å².